The number of nitrogens with one attached hydrogen (secondary N) is 2. The normalized spacial score (nSPS) is 19.8. The summed E-state index contributed by atoms with van der Waals surface area (Å²) in [4.78, 5) is 25.8. The molecular formula is C19H27N3O4. The molecule has 2 heterocycles. The van der Waals surface area contributed by atoms with Crippen molar-refractivity contribution in [3.8, 4) is 0 Å². The number of hydrogen-bond acceptors (Lipinski definition) is 5. The molecule has 1 unspecified atom stereocenters. The first-order chi connectivity index (χ1) is 12.2. The summed E-state index contributed by atoms with van der Waals surface area (Å²) in [5, 5.41) is 15.7. The predicted octanol–water partition coefficient (Wildman–Crippen LogP) is 2.13. The van der Waals surface area contributed by atoms with Gasteiger partial charge >= 0.3 is 12.1 Å². The highest BCUT2D eigenvalue weighted by Gasteiger charge is 2.28. The van der Waals surface area contributed by atoms with Gasteiger partial charge in [0.25, 0.3) is 0 Å². The topological polar surface area (TPSA) is 90.9 Å². The number of hydrogen-bond donors (Lipinski definition) is 3. The zero-order chi connectivity index (χ0) is 18.9. The molecule has 1 amide bonds. The first-order valence-electron chi connectivity index (χ1n) is 9.07. The lowest BCUT2D eigenvalue weighted by atomic mass is 9.94. The zero-order valence-electron chi connectivity index (χ0n) is 15.6. The number of aromatic carboxylic acids is 1. The number of amides is 1. The molecule has 0 aromatic heterocycles. The summed E-state index contributed by atoms with van der Waals surface area (Å²) in [6.07, 6.45) is 1.23. The van der Waals surface area contributed by atoms with Gasteiger partial charge < -0.3 is 25.4 Å². The van der Waals surface area contributed by atoms with E-state index in [0.29, 0.717) is 18.7 Å². The van der Waals surface area contributed by atoms with E-state index in [4.69, 9.17) is 4.74 Å². The van der Waals surface area contributed by atoms with Gasteiger partial charge in [-0.1, -0.05) is 0 Å². The van der Waals surface area contributed by atoms with Crippen molar-refractivity contribution in [1.82, 2.24) is 10.6 Å². The number of ether oxygens (including phenoxy) is 1. The van der Waals surface area contributed by atoms with Crippen LogP contribution < -0.4 is 15.5 Å². The van der Waals surface area contributed by atoms with Crippen molar-refractivity contribution >= 4 is 17.7 Å². The highest BCUT2D eigenvalue weighted by Crippen LogP contribution is 2.28. The van der Waals surface area contributed by atoms with Gasteiger partial charge in [0.15, 0.2) is 0 Å². The number of benzene rings is 1. The van der Waals surface area contributed by atoms with E-state index in [-0.39, 0.29) is 6.04 Å². The molecule has 26 heavy (non-hydrogen) atoms. The number of alkyl carbamates (subject to hydrolysis) is 1. The quantitative estimate of drug-likeness (QED) is 0.764. The van der Waals surface area contributed by atoms with Gasteiger partial charge in [-0.05, 0) is 63.4 Å². The Balaban J connectivity index is 1.71. The number of fused-ring (bicyclic) bond motifs is 1. The molecule has 0 bridgehead atoms. The molecule has 1 aromatic rings. The molecule has 0 aliphatic carbocycles. The minimum absolute atomic E-state index is 0.00386. The van der Waals surface area contributed by atoms with Crippen molar-refractivity contribution in [2.75, 3.05) is 24.5 Å². The third-order valence-electron chi connectivity index (χ3n) is 4.70. The second-order valence-electron chi connectivity index (χ2n) is 7.94. The van der Waals surface area contributed by atoms with Crippen LogP contribution in [0.4, 0.5) is 10.5 Å². The van der Waals surface area contributed by atoms with E-state index in [9.17, 15) is 14.7 Å². The molecule has 1 aromatic carbocycles. The molecule has 2 aliphatic heterocycles. The molecule has 7 nitrogen and oxygen atoms in total. The Hall–Kier alpha value is -2.28. The molecule has 142 valence electrons. The standard InChI is InChI=1S/C19H27N3O4/c1-19(2,3)26-18(25)21-13-5-7-22(11-13)14-8-12-4-6-20-10-16(12)15(9-14)17(23)24/h8-9,13,20H,4-7,10-11H2,1-3H3,(H,21,25)(H,23,24). The summed E-state index contributed by atoms with van der Waals surface area (Å²) in [7, 11) is 0. The Kier molecular flexibility index (Phi) is 5.09. The fourth-order valence-electron chi connectivity index (χ4n) is 3.54. The van der Waals surface area contributed by atoms with Crippen molar-refractivity contribution in [2.24, 2.45) is 0 Å². The van der Waals surface area contributed by atoms with Crippen molar-refractivity contribution in [3.05, 3.63) is 28.8 Å². The summed E-state index contributed by atoms with van der Waals surface area (Å²) in [6.45, 7) is 8.39. The summed E-state index contributed by atoms with van der Waals surface area (Å²) < 4.78 is 5.31. The number of carbonyl (C=O) groups excluding carboxylic acids is 1. The van der Waals surface area contributed by atoms with Crippen LogP contribution in [0.3, 0.4) is 0 Å². The monoisotopic (exact) mass is 361 g/mol. The van der Waals surface area contributed by atoms with E-state index in [2.05, 4.69) is 21.6 Å². The second-order valence-corrected chi connectivity index (χ2v) is 7.94. The number of carboxylic acid groups (broad SMARTS) is 1. The molecule has 0 spiro atoms. The van der Waals surface area contributed by atoms with Gasteiger partial charge in [-0.15, -0.1) is 0 Å². The fourth-order valence-corrected chi connectivity index (χ4v) is 3.54. The number of rotatable bonds is 3. The highest BCUT2D eigenvalue weighted by atomic mass is 16.6. The van der Waals surface area contributed by atoms with Crippen LogP contribution >= 0.6 is 0 Å². The molecule has 1 atom stereocenters. The lowest BCUT2D eigenvalue weighted by Gasteiger charge is -2.25. The van der Waals surface area contributed by atoms with Crippen LogP contribution in [-0.2, 0) is 17.7 Å². The number of anilines is 1. The molecule has 0 saturated carbocycles. The summed E-state index contributed by atoms with van der Waals surface area (Å²) in [6, 6.07) is 3.85. The van der Waals surface area contributed by atoms with E-state index in [1.807, 2.05) is 20.8 Å². The van der Waals surface area contributed by atoms with E-state index < -0.39 is 17.7 Å². The first kappa shape index (κ1) is 18.5. The van der Waals surface area contributed by atoms with Gasteiger partial charge in [-0.3, -0.25) is 0 Å². The molecule has 3 rings (SSSR count). The van der Waals surface area contributed by atoms with Crippen molar-refractivity contribution in [2.45, 2.75) is 51.8 Å². The summed E-state index contributed by atoms with van der Waals surface area (Å²) in [5.74, 6) is -0.894. The van der Waals surface area contributed by atoms with E-state index in [1.165, 1.54) is 0 Å². The molecule has 1 fully saturated rings. The number of carbonyl (C=O) groups is 2. The zero-order valence-corrected chi connectivity index (χ0v) is 15.6. The van der Waals surface area contributed by atoms with Gasteiger partial charge in [0, 0.05) is 25.3 Å². The van der Waals surface area contributed by atoms with Crippen LogP contribution in [0.2, 0.25) is 0 Å². The maximum atomic E-state index is 12.0. The molecule has 1 saturated heterocycles. The maximum absolute atomic E-state index is 12.0. The minimum atomic E-state index is -0.894. The lowest BCUT2D eigenvalue weighted by molar-refractivity contribution is 0.0508. The largest absolute Gasteiger partial charge is 0.478 e. The molecule has 3 N–H and O–H groups in total. The van der Waals surface area contributed by atoms with Crippen molar-refractivity contribution in [1.29, 1.82) is 0 Å². The van der Waals surface area contributed by atoms with Crippen molar-refractivity contribution < 1.29 is 19.4 Å². The Bertz CT molecular complexity index is 711. The average molecular weight is 361 g/mol. The van der Waals surface area contributed by atoms with Crippen LogP contribution in [0, 0.1) is 0 Å². The van der Waals surface area contributed by atoms with E-state index in [0.717, 1.165) is 42.7 Å². The van der Waals surface area contributed by atoms with E-state index >= 15 is 0 Å². The second kappa shape index (κ2) is 7.15. The van der Waals surface area contributed by atoms with Crippen LogP contribution in [0.25, 0.3) is 0 Å². The first-order valence-corrected chi connectivity index (χ1v) is 9.07. The van der Waals surface area contributed by atoms with Gasteiger partial charge in [0.1, 0.15) is 5.60 Å². The predicted molar refractivity (Wildman–Crippen MR) is 98.8 cm³/mol. The SMILES string of the molecule is CC(C)(C)OC(=O)NC1CCN(c2cc3c(c(C(=O)O)c2)CNCC3)C1. The fraction of sp³-hybridized carbons (Fsp3) is 0.579. The Labute approximate surface area is 153 Å². The Morgan fingerprint density at radius 1 is 1.35 bits per heavy atom. The molecule has 7 heteroatoms. The average Bonchev–Trinajstić information content (AvgIpc) is 3.00. The molecule has 2 aliphatic rings. The number of nitrogens with zero attached hydrogens (tertiary/aromatic N) is 1. The summed E-state index contributed by atoms with van der Waals surface area (Å²) >= 11 is 0. The van der Waals surface area contributed by atoms with Crippen LogP contribution in [0.5, 0.6) is 0 Å². The van der Waals surface area contributed by atoms with Crippen molar-refractivity contribution in [3.63, 3.8) is 0 Å². The van der Waals surface area contributed by atoms with Crippen LogP contribution in [0.15, 0.2) is 12.1 Å². The van der Waals surface area contributed by atoms with Gasteiger partial charge in [0.2, 0.25) is 0 Å². The third-order valence-corrected chi connectivity index (χ3v) is 4.70. The van der Waals surface area contributed by atoms with Crippen LogP contribution in [0.1, 0.15) is 48.7 Å². The minimum Gasteiger partial charge on any atom is -0.478 e. The smallest absolute Gasteiger partial charge is 0.407 e. The summed E-state index contributed by atoms with van der Waals surface area (Å²) in [5.41, 5.74) is 2.74. The third kappa shape index (κ3) is 4.27. The number of carboxylic acids is 1. The van der Waals surface area contributed by atoms with Crippen LogP contribution in [-0.4, -0.2) is 48.4 Å². The van der Waals surface area contributed by atoms with Gasteiger partial charge in [-0.2, -0.15) is 0 Å². The maximum Gasteiger partial charge on any atom is 0.407 e. The van der Waals surface area contributed by atoms with Gasteiger partial charge in [0.05, 0.1) is 11.6 Å². The van der Waals surface area contributed by atoms with Gasteiger partial charge in [-0.25, -0.2) is 9.59 Å². The highest BCUT2D eigenvalue weighted by molar-refractivity contribution is 5.91. The van der Waals surface area contributed by atoms with E-state index in [1.54, 1.807) is 6.07 Å². The molecule has 0 radical (unpaired) electrons. The lowest BCUT2D eigenvalue weighted by Crippen LogP contribution is -2.40. The Morgan fingerprint density at radius 3 is 2.81 bits per heavy atom. The Morgan fingerprint density at radius 2 is 2.12 bits per heavy atom. The molecular weight excluding hydrogens is 334 g/mol.